The Morgan fingerprint density at radius 1 is 0.931 bits per heavy atom. The number of carbonyl (C=O) groups is 2. The number of hydrogen-bond donors (Lipinski definition) is 1. The highest BCUT2D eigenvalue weighted by Gasteiger charge is 2.35. The van der Waals surface area contributed by atoms with Crippen LogP contribution in [-0.4, -0.2) is 29.0 Å². The van der Waals surface area contributed by atoms with Gasteiger partial charge in [-0.15, -0.1) is 0 Å². The first-order chi connectivity index (χ1) is 14.0. The third-order valence-corrected chi connectivity index (χ3v) is 4.86. The zero-order chi connectivity index (χ0) is 20.5. The second-order valence-electron chi connectivity index (χ2n) is 6.60. The van der Waals surface area contributed by atoms with E-state index >= 15 is 0 Å². The lowest BCUT2D eigenvalue weighted by molar-refractivity contribution is 0.0642. The van der Waals surface area contributed by atoms with E-state index in [1.165, 1.54) is 24.1 Å². The minimum atomic E-state index is -0.327. The zero-order valence-electron chi connectivity index (χ0n) is 15.5. The molecule has 0 spiro atoms. The summed E-state index contributed by atoms with van der Waals surface area (Å²) in [6.45, 7) is 0.108. The van der Waals surface area contributed by atoms with Gasteiger partial charge in [0, 0.05) is 5.56 Å². The van der Waals surface area contributed by atoms with E-state index in [0.717, 1.165) is 5.56 Å². The third-order valence-electron chi connectivity index (χ3n) is 4.86. The second-order valence-corrected chi connectivity index (χ2v) is 6.60. The maximum Gasteiger partial charge on any atom is 0.261 e. The molecule has 0 radical (unpaired) electrons. The van der Waals surface area contributed by atoms with Crippen LogP contribution in [0.1, 0.15) is 26.3 Å². The summed E-state index contributed by atoms with van der Waals surface area (Å²) in [5, 5.41) is 20.2. The van der Waals surface area contributed by atoms with Gasteiger partial charge in [-0.1, -0.05) is 30.3 Å². The number of benzene rings is 3. The fraction of sp³-hybridized carbons (Fsp3) is 0.0909. The summed E-state index contributed by atoms with van der Waals surface area (Å²) in [5.41, 5.74) is 2.93. The van der Waals surface area contributed by atoms with Crippen LogP contribution in [0, 0.1) is 5.21 Å². The van der Waals surface area contributed by atoms with Crippen molar-refractivity contribution in [3.63, 3.8) is 0 Å². The summed E-state index contributed by atoms with van der Waals surface area (Å²) < 4.78 is 5.42. The molecule has 0 aromatic heterocycles. The van der Waals surface area contributed by atoms with Crippen LogP contribution in [0.15, 0.2) is 66.7 Å². The van der Waals surface area contributed by atoms with Crippen molar-refractivity contribution in [2.45, 2.75) is 6.54 Å². The predicted octanol–water partition coefficient (Wildman–Crippen LogP) is 3.85. The quantitative estimate of drug-likeness (QED) is 0.526. The molecule has 4 rings (SSSR count). The van der Waals surface area contributed by atoms with E-state index in [0.29, 0.717) is 28.0 Å². The molecule has 1 aliphatic rings. The van der Waals surface area contributed by atoms with Gasteiger partial charge in [-0.25, -0.2) is 0 Å². The molecule has 146 valence electrons. The lowest BCUT2D eigenvalue weighted by Crippen LogP contribution is -2.29. The van der Waals surface area contributed by atoms with Crippen LogP contribution >= 0.6 is 0 Å². The number of fused-ring (bicyclic) bond motifs is 1. The molecule has 1 N–H and O–H groups in total. The molecule has 1 aliphatic heterocycles. The second kappa shape index (κ2) is 7.38. The van der Waals surface area contributed by atoms with Crippen molar-refractivity contribution in [1.82, 2.24) is 4.90 Å². The molecular weight excluding hydrogens is 372 g/mol. The average Bonchev–Trinajstić information content (AvgIpc) is 2.99. The average molecular weight is 389 g/mol. The van der Waals surface area contributed by atoms with Crippen molar-refractivity contribution < 1.29 is 19.5 Å². The van der Waals surface area contributed by atoms with Gasteiger partial charge in [-0.2, -0.15) is 0 Å². The standard InChI is InChI=1S/C22H17N2O5/c1-29-20-10-9-14(11-19(20)15-5-4-6-16(12-15)24(27)28)13-23-21(25)17-7-2-3-8-18(17)22(23)26/h2-12,27H,13H2,1H3/q-1. The number of rotatable bonds is 5. The monoisotopic (exact) mass is 389 g/mol. The third kappa shape index (κ3) is 3.33. The molecule has 0 aliphatic carbocycles. The zero-order valence-corrected chi connectivity index (χ0v) is 15.5. The topological polar surface area (TPSA) is 93.1 Å². The molecule has 3 aromatic carbocycles. The molecule has 0 saturated carbocycles. The van der Waals surface area contributed by atoms with E-state index in [2.05, 4.69) is 0 Å². The highest BCUT2D eigenvalue weighted by molar-refractivity contribution is 6.21. The summed E-state index contributed by atoms with van der Waals surface area (Å²) in [7, 11) is 1.53. The summed E-state index contributed by atoms with van der Waals surface area (Å²) in [6, 6.07) is 18.5. The molecule has 3 aromatic rings. The van der Waals surface area contributed by atoms with Crippen molar-refractivity contribution in [1.29, 1.82) is 0 Å². The Balaban J connectivity index is 1.69. The van der Waals surface area contributed by atoms with Crippen molar-refractivity contribution in [3.05, 3.63) is 88.6 Å². The minimum Gasteiger partial charge on any atom is -0.733 e. The van der Waals surface area contributed by atoms with Crippen LogP contribution < -0.4 is 9.96 Å². The highest BCUT2D eigenvalue weighted by Crippen LogP contribution is 2.34. The molecule has 0 unspecified atom stereocenters. The molecule has 1 heterocycles. The first-order valence-corrected chi connectivity index (χ1v) is 8.88. The van der Waals surface area contributed by atoms with Crippen LogP contribution in [-0.2, 0) is 6.54 Å². The molecular formula is C22H17N2O5-. The van der Waals surface area contributed by atoms with Crippen molar-refractivity contribution in [2.24, 2.45) is 0 Å². The molecule has 0 atom stereocenters. The van der Waals surface area contributed by atoms with Gasteiger partial charge in [0.15, 0.2) is 0 Å². The smallest absolute Gasteiger partial charge is 0.261 e. The SMILES string of the molecule is COc1ccc(CN2C(=O)c3ccccc3C2=O)cc1-c1cccc(N([O-])O)c1. The van der Waals surface area contributed by atoms with E-state index in [1.807, 2.05) is 0 Å². The van der Waals surface area contributed by atoms with Gasteiger partial charge >= 0.3 is 0 Å². The maximum absolute atomic E-state index is 12.6. The first-order valence-electron chi connectivity index (χ1n) is 8.88. The van der Waals surface area contributed by atoms with Crippen molar-refractivity contribution in [3.8, 4) is 16.9 Å². The van der Waals surface area contributed by atoms with Crippen LogP contribution in [0.3, 0.4) is 0 Å². The summed E-state index contributed by atoms with van der Waals surface area (Å²) in [6.07, 6.45) is 0. The Morgan fingerprint density at radius 2 is 1.62 bits per heavy atom. The van der Waals surface area contributed by atoms with Crippen LogP contribution in [0.4, 0.5) is 5.69 Å². The number of amides is 2. The summed E-state index contributed by atoms with van der Waals surface area (Å²) in [4.78, 5) is 26.5. The van der Waals surface area contributed by atoms with E-state index in [1.54, 1.807) is 54.6 Å². The molecule has 0 fully saturated rings. The molecule has 0 saturated heterocycles. The molecule has 29 heavy (non-hydrogen) atoms. The van der Waals surface area contributed by atoms with Gasteiger partial charge in [0.1, 0.15) is 5.75 Å². The lowest BCUT2D eigenvalue weighted by Gasteiger charge is -2.22. The number of anilines is 1. The Labute approximate surface area is 166 Å². The van der Waals surface area contributed by atoms with Gasteiger partial charge in [-0.3, -0.25) is 19.7 Å². The van der Waals surface area contributed by atoms with Crippen LogP contribution in [0.25, 0.3) is 11.1 Å². The van der Waals surface area contributed by atoms with Gasteiger partial charge in [0.2, 0.25) is 0 Å². The lowest BCUT2D eigenvalue weighted by atomic mass is 10.0. The Morgan fingerprint density at radius 3 is 2.24 bits per heavy atom. The number of ether oxygens (including phenoxy) is 1. The molecule has 7 nitrogen and oxygen atoms in total. The number of hydrogen-bond acceptors (Lipinski definition) is 6. The first kappa shape index (κ1) is 18.7. The minimum absolute atomic E-state index is 0.0790. The maximum atomic E-state index is 12.6. The van der Waals surface area contributed by atoms with E-state index in [9.17, 15) is 20.0 Å². The van der Waals surface area contributed by atoms with Gasteiger partial charge < -0.3 is 15.2 Å². The summed E-state index contributed by atoms with van der Waals surface area (Å²) in [5.74, 6) is -0.0943. The molecule has 7 heteroatoms. The van der Waals surface area contributed by atoms with Crippen molar-refractivity contribution in [2.75, 3.05) is 12.3 Å². The number of methoxy groups -OCH3 is 1. The highest BCUT2D eigenvalue weighted by atomic mass is 16.8. The normalized spacial score (nSPS) is 12.9. The van der Waals surface area contributed by atoms with Gasteiger partial charge in [0.05, 0.1) is 30.5 Å². The Bertz CT molecular complexity index is 1070. The number of nitrogens with zero attached hydrogens (tertiary/aromatic N) is 2. The van der Waals surface area contributed by atoms with Crippen LogP contribution in [0.5, 0.6) is 5.75 Å². The molecule has 0 bridgehead atoms. The van der Waals surface area contributed by atoms with E-state index in [4.69, 9.17) is 4.74 Å². The predicted molar refractivity (Wildman–Crippen MR) is 107 cm³/mol. The fourth-order valence-electron chi connectivity index (χ4n) is 3.44. The van der Waals surface area contributed by atoms with Gasteiger partial charge in [-0.05, 0) is 47.5 Å². The fourth-order valence-corrected chi connectivity index (χ4v) is 3.44. The van der Waals surface area contributed by atoms with E-state index in [-0.39, 0.29) is 29.3 Å². The van der Waals surface area contributed by atoms with Crippen molar-refractivity contribution >= 4 is 17.5 Å². The van der Waals surface area contributed by atoms with Crippen LogP contribution in [0.2, 0.25) is 0 Å². The molecule has 2 amide bonds. The van der Waals surface area contributed by atoms with E-state index < -0.39 is 0 Å². The summed E-state index contributed by atoms with van der Waals surface area (Å²) >= 11 is 0. The largest absolute Gasteiger partial charge is 0.733 e. The Kier molecular flexibility index (Phi) is 4.75. The number of carbonyl (C=O) groups excluding carboxylic acids is 2. The Hall–Kier alpha value is -3.68. The number of imide groups is 1. The van der Waals surface area contributed by atoms with Gasteiger partial charge in [0.25, 0.3) is 11.8 Å².